The Labute approximate surface area is 102 Å². The number of hydrogen-bond donors (Lipinski definition) is 0. The lowest BCUT2D eigenvalue weighted by Gasteiger charge is -2.31. The van der Waals surface area contributed by atoms with Gasteiger partial charge >= 0.3 is 0 Å². The molecular weight excluding hydrogens is 216 g/mol. The average molecular weight is 236 g/mol. The van der Waals surface area contributed by atoms with E-state index in [0.717, 1.165) is 31.7 Å². The summed E-state index contributed by atoms with van der Waals surface area (Å²) >= 11 is 0. The molecule has 0 amide bonds. The summed E-state index contributed by atoms with van der Waals surface area (Å²) in [4.78, 5) is 14.2. The lowest BCUT2D eigenvalue weighted by atomic mass is 10.1. The fraction of sp³-hybridized carbons (Fsp3) is 0.615. The van der Waals surface area contributed by atoms with E-state index in [2.05, 4.69) is 11.8 Å². The van der Waals surface area contributed by atoms with Gasteiger partial charge in [-0.05, 0) is 12.5 Å². The van der Waals surface area contributed by atoms with E-state index >= 15 is 0 Å². The topological polar surface area (TPSA) is 34.5 Å². The molecule has 4 heteroatoms. The summed E-state index contributed by atoms with van der Waals surface area (Å²) in [5.74, 6) is 0.197. The van der Waals surface area contributed by atoms with Crippen LogP contribution in [0.25, 0.3) is 0 Å². The summed E-state index contributed by atoms with van der Waals surface area (Å²) in [5.41, 5.74) is 0.798. The smallest absolute Gasteiger partial charge is 0.178 e. The molecule has 1 aromatic heterocycles. The minimum Gasteiger partial charge on any atom is -0.376 e. The van der Waals surface area contributed by atoms with Gasteiger partial charge in [-0.15, -0.1) is 0 Å². The molecule has 1 unspecified atom stereocenters. The third kappa shape index (κ3) is 3.17. The molecule has 1 atom stereocenters. The molecular formula is C13H20N2O2. The second-order valence-electron chi connectivity index (χ2n) is 4.62. The van der Waals surface area contributed by atoms with Crippen LogP contribution in [0.15, 0.2) is 18.5 Å². The minimum absolute atomic E-state index is 0.197. The second kappa shape index (κ2) is 5.47. The SMILES string of the molecule is CCC1CN(CC(=O)c2ccn(C)c2)CCO1. The molecule has 1 saturated heterocycles. The molecule has 0 radical (unpaired) electrons. The van der Waals surface area contributed by atoms with Crippen LogP contribution in [-0.2, 0) is 11.8 Å². The number of morpholine rings is 1. The van der Waals surface area contributed by atoms with E-state index in [1.165, 1.54) is 0 Å². The van der Waals surface area contributed by atoms with Gasteiger partial charge in [0.2, 0.25) is 0 Å². The molecule has 0 saturated carbocycles. The number of hydrogen-bond acceptors (Lipinski definition) is 3. The molecule has 1 aliphatic heterocycles. The van der Waals surface area contributed by atoms with Gasteiger partial charge in [-0.1, -0.05) is 6.92 Å². The molecule has 0 N–H and O–H groups in total. The highest BCUT2D eigenvalue weighted by Crippen LogP contribution is 2.10. The van der Waals surface area contributed by atoms with Gasteiger partial charge in [0.1, 0.15) is 0 Å². The molecule has 0 spiro atoms. The summed E-state index contributed by atoms with van der Waals surface area (Å²) in [6.07, 6.45) is 5.07. The fourth-order valence-electron chi connectivity index (χ4n) is 2.13. The Balaban J connectivity index is 1.90. The van der Waals surface area contributed by atoms with E-state index in [9.17, 15) is 4.79 Å². The first-order valence-corrected chi connectivity index (χ1v) is 6.18. The van der Waals surface area contributed by atoms with Crippen molar-refractivity contribution >= 4 is 5.78 Å². The molecule has 1 fully saturated rings. The predicted molar refractivity (Wildman–Crippen MR) is 66.2 cm³/mol. The molecule has 2 heterocycles. The lowest BCUT2D eigenvalue weighted by Crippen LogP contribution is -2.44. The van der Waals surface area contributed by atoms with E-state index < -0.39 is 0 Å². The number of ketones is 1. The number of nitrogens with zero attached hydrogens (tertiary/aromatic N) is 2. The third-order valence-electron chi connectivity index (χ3n) is 3.20. The van der Waals surface area contributed by atoms with Crippen LogP contribution in [-0.4, -0.2) is 47.6 Å². The number of ether oxygens (including phenoxy) is 1. The molecule has 94 valence electrons. The van der Waals surface area contributed by atoms with Crippen molar-refractivity contribution in [1.82, 2.24) is 9.47 Å². The van der Waals surface area contributed by atoms with Crippen molar-refractivity contribution < 1.29 is 9.53 Å². The maximum absolute atomic E-state index is 12.0. The maximum atomic E-state index is 12.0. The summed E-state index contributed by atoms with van der Waals surface area (Å²) in [7, 11) is 1.93. The van der Waals surface area contributed by atoms with Gasteiger partial charge in [-0.2, -0.15) is 0 Å². The van der Waals surface area contributed by atoms with Crippen molar-refractivity contribution in [2.24, 2.45) is 7.05 Å². The quantitative estimate of drug-likeness (QED) is 0.739. The van der Waals surface area contributed by atoms with Crippen LogP contribution in [0.1, 0.15) is 23.7 Å². The monoisotopic (exact) mass is 236 g/mol. The normalized spacial score (nSPS) is 21.6. The van der Waals surface area contributed by atoms with Crippen LogP contribution in [0.5, 0.6) is 0 Å². The minimum atomic E-state index is 0.197. The Morgan fingerprint density at radius 1 is 1.59 bits per heavy atom. The zero-order chi connectivity index (χ0) is 12.3. The number of carbonyl (C=O) groups is 1. The third-order valence-corrected chi connectivity index (χ3v) is 3.20. The first-order valence-electron chi connectivity index (χ1n) is 6.18. The highest BCUT2D eigenvalue weighted by Gasteiger charge is 2.21. The number of rotatable bonds is 4. The van der Waals surface area contributed by atoms with E-state index in [0.29, 0.717) is 6.54 Å². The van der Waals surface area contributed by atoms with E-state index in [-0.39, 0.29) is 11.9 Å². The molecule has 1 aliphatic rings. The van der Waals surface area contributed by atoms with Crippen LogP contribution in [0.3, 0.4) is 0 Å². The van der Waals surface area contributed by atoms with Crippen LogP contribution in [0, 0.1) is 0 Å². The van der Waals surface area contributed by atoms with Crippen LogP contribution in [0.2, 0.25) is 0 Å². The Kier molecular flexibility index (Phi) is 3.97. The zero-order valence-corrected chi connectivity index (χ0v) is 10.6. The number of Topliss-reactive ketones (excluding diaryl/α,β-unsaturated/α-hetero) is 1. The van der Waals surface area contributed by atoms with Gasteiger partial charge in [0.05, 0.1) is 19.3 Å². The standard InChI is InChI=1S/C13H20N2O2/c1-3-12-9-15(6-7-17-12)10-13(16)11-4-5-14(2)8-11/h4-5,8,12H,3,6-7,9-10H2,1-2H3. The number of aryl methyl sites for hydroxylation is 1. The van der Waals surface area contributed by atoms with Crippen molar-refractivity contribution in [3.8, 4) is 0 Å². The first-order chi connectivity index (χ1) is 8.19. The van der Waals surface area contributed by atoms with Crippen molar-refractivity contribution in [3.05, 3.63) is 24.0 Å². The molecule has 0 aliphatic carbocycles. The highest BCUT2D eigenvalue weighted by molar-refractivity contribution is 5.97. The van der Waals surface area contributed by atoms with Crippen LogP contribution in [0.4, 0.5) is 0 Å². The summed E-state index contributed by atoms with van der Waals surface area (Å²) in [6.45, 7) is 5.09. The van der Waals surface area contributed by atoms with Crippen molar-refractivity contribution in [1.29, 1.82) is 0 Å². The van der Waals surface area contributed by atoms with Gasteiger partial charge in [-0.3, -0.25) is 9.69 Å². The Hall–Kier alpha value is -1.13. The van der Waals surface area contributed by atoms with Crippen molar-refractivity contribution in [3.63, 3.8) is 0 Å². The lowest BCUT2D eigenvalue weighted by molar-refractivity contribution is -0.0271. The molecule has 0 bridgehead atoms. The predicted octanol–water partition coefficient (Wildman–Crippen LogP) is 1.32. The van der Waals surface area contributed by atoms with E-state index in [1.807, 2.05) is 30.1 Å². The largest absolute Gasteiger partial charge is 0.376 e. The molecule has 17 heavy (non-hydrogen) atoms. The van der Waals surface area contributed by atoms with Gasteiger partial charge in [-0.25, -0.2) is 0 Å². The van der Waals surface area contributed by atoms with Gasteiger partial charge in [0, 0.05) is 38.1 Å². The van der Waals surface area contributed by atoms with Gasteiger partial charge in [0.15, 0.2) is 5.78 Å². The Bertz CT molecular complexity index is 387. The average Bonchev–Trinajstić information content (AvgIpc) is 2.76. The highest BCUT2D eigenvalue weighted by atomic mass is 16.5. The summed E-state index contributed by atoms with van der Waals surface area (Å²) < 4.78 is 7.50. The van der Waals surface area contributed by atoms with Gasteiger partial charge < -0.3 is 9.30 Å². The van der Waals surface area contributed by atoms with Crippen LogP contribution >= 0.6 is 0 Å². The summed E-state index contributed by atoms with van der Waals surface area (Å²) in [6, 6.07) is 1.88. The Morgan fingerprint density at radius 3 is 3.06 bits per heavy atom. The van der Waals surface area contributed by atoms with Gasteiger partial charge in [0.25, 0.3) is 0 Å². The zero-order valence-electron chi connectivity index (χ0n) is 10.6. The van der Waals surface area contributed by atoms with Crippen molar-refractivity contribution in [2.45, 2.75) is 19.4 Å². The van der Waals surface area contributed by atoms with E-state index in [1.54, 1.807) is 0 Å². The summed E-state index contributed by atoms with van der Waals surface area (Å²) in [5, 5.41) is 0. The second-order valence-corrected chi connectivity index (χ2v) is 4.62. The maximum Gasteiger partial charge on any atom is 0.178 e. The molecule has 4 nitrogen and oxygen atoms in total. The fourth-order valence-corrected chi connectivity index (χ4v) is 2.13. The van der Waals surface area contributed by atoms with E-state index in [4.69, 9.17) is 4.74 Å². The molecule has 2 rings (SSSR count). The van der Waals surface area contributed by atoms with Crippen LogP contribution < -0.4 is 0 Å². The Morgan fingerprint density at radius 2 is 2.41 bits per heavy atom. The molecule has 1 aromatic rings. The number of aromatic nitrogens is 1. The molecule has 0 aromatic carbocycles. The first kappa shape index (κ1) is 12.3. The number of carbonyl (C=O) groups excluding carboxylic acids is 1. The van der Waals surface area contributed by atoms with Crippen molar-refractivity contribution in [2.75, 3.05) is 26.2 Å².